The van der Waals surface area contributed by atoms with Crippen LogP contribution in [0.1, 0.15) is 28.9 Å². The number of fused-ring (bicyclic) bond motifs is 1. The molecule has 6 heteroatoms. The van der Waals surface area contributed by atoms with Crippen LogP contribution in [-0.4, -0.2) is 33.4 Å². The lowest BCUT2D eigenvalue weighted by molar-refractivity contribution is 0.0950. The Kier molecular flexibility index (Phi) is 3.86. The molecule has 1 fully saturated rings. The average Bonchev–Trinajstić information content (AvgIpc) is 3.29. The van der Waals surface area contributed by atoms with Crippen LogP contribution in [0.2, 0.25) is 0 Å². The fourth-order valence-corrected chi connectivity index (χ4v) is 3.00. The maximum Gasteiger partial charge on any atom is 0.253 e. The smallest absolute Gasteiger partial charge is 0.253 e. The number of nitrogens with zero attached hydrogens (tertiary/aromatic N) is 4. The van der Waals surface area contributed by atoms with Crippen LogP contribution in [0.4, 0.5) is 5.95 Å². The Morgan fingerprint density at radius 2 is 2.08 bits per heavy atom. The van der Waals surface area contributed by atoms with E-state index in [0.29, 0.717) is 12.1 Å². The van der Waals surface area contributed by atoms with Crippen molar-refractivity contribution in [3.05, 3.63) is 60.2 Å². The Morgan fingerprint density at radius 1 is 1.21 bits per heavy atom. The van der Waals surface area contributed by atoms with E-state index in [1.54, 1.807) is 6.20 Å². The Hall–Kier alpha value is -2.89. The third kappa shape index (κ3) is 2.95. The summed E-state index contributed by atoms with van der Waals surface area (Å²) in [4.78, 5) is 23.4. The highest BCUT2D eigenvalue weighted by Crippen LogP contribution is 2.15. The molecule has 0 spiro atoms. The molecule has 4 rings (SSSR count). The van der Waals surface area contributed by atoms with Gasteiger partial charge in [0, 0.05) is 37.2 Å². The molecular formula is C18H19N5O. The molecule has 1 aliphatic heterocycles. The summed E-state index contributed by atoms with van der Waals surface area (Å²) in [6.07, 6.45) is 7.90. The van der Waals surface area contributed by atoms with Gasteiger partial charge in [0.2, 0.25) is 5.95 Å². The number of hydrogen-bond acceptors (Lipinski definition) is 4. The van der Waals surface area contributed by atoms with Crippen LogP contribution in [0.25, 0.3) is 5.52 Å². The number of carbonyl (C=O) groups excluding carboxylic acids is 1. The first-order chi connectivity index (χ1) is 11.8. The molecule has 0 radical (unpaired) electrons. The van der Waals surface area contributed by atoms with E-state index in [4.69, 9.17) is 0 Å². The van der Waals surface area contributed by atoms with Crippen molar-refractivity contribution < 1.29 is 4.79 Å². The van der Waals surface area contributed by atoms with Crippen LogP contribution < -0.4 is 10.2 Å². The Labute approximate surface area is 140 Å². The quantitative estimate of drug-likeness (QED) is 0.801. The largest absolute Gasteiger partial charge is 0.346 e. The second-order valence-electron chi connectivity index (χ2n) is 5.99. The first-order valence-electron chi connectivity index (χ1n) is 8.21. The number of anilines is 1. The van der Waals surface area contributed by atoms with E-state index in [0.717, 1.165) is 30.2 Å². The van der Waals surface area contributed by atoms with E-state index < -0.39 is 0 Å². The first kappa shape index (κ1) is 14.7. The maximum absolute atomic E-state index is 12.4. The molecular weight excluding hydrogens is 302 g/mol. The number of amides is 1. The monoisotopic (exact) mass is 321 g/mol. The Bertz CT molecular complexity index is 833. The lowest BCUT2D eigenvalue weighted by Crippen LogP contribution is -2.24. The lowest BCUT2D eigenvalue weighted by Gasteiger charge is -2.15. The zero-order valence-corrected chi connectivity index (χ0v) is 13.4. The third-order valence-electron chi connectivity index (χ3n) is 4.29. The minimum Gasteiger partial charge on any atom is -0.346 e. The number of nitrogens with one attached hydrogen (secondary N) is 1. The summed E-state index contributed by atoms with van der Waals surface area (Å²) >= 11 is 0. The van der Waals surface area contributed by atoms with Crippen molar-refractivity contribution in [2.75, 3.05) is 18.0 Å². The number of hydrogen-bond donors (Lipinski definition) is 1. The molecule has 0 aromatic carbocycles. The van der Waals surface area contributed by atoms with Crippen LogP contribution in [0.15, 0.2) is 48.9 Å². The Balaban J connectivity index is 1.44. The number of rotatable bonds is 4. The summed E-state index contributed by atoms with van der Waals surface area (Å²) in [6.45, 7) is 2.41. The highest BCUT2D eigenvalue weighted by Gasteiger charge is 2.15. The van der Waals surface area contributed by atoms with Gasteiger partial charge in [-0.05, 0) is 37.1 Å². The fourth-order valence-electron chi connectivity index (χ4n) is 3.00. The van der Waals surface area contributed by atoms with Crippen LogP contribution >= 0.6 is 0 Å². The molecule has 1 N–H and O–H groups in total. The topological polar surface area (TPSA) is 62.5 Å². The van der Waals surface area contributed by atoms with Crippen LogP contribution in [0.5, 0.6) is 0 Å². The third-order valence-corrected chi connectivity index (χ3v) is 4.29. The molecule has 122 valence electrons. The minimum atomic E-state index is -0.0972. The van der Waals surface area contributed by atoms with Crippen molar-refractivity contribution in [2.45, 2.75) is 19.4 Å². The van der Waals surface area contributed by atoms with Gasteiger partial charge >= 0.3 is 0 Å². The van der Waals surface area contributed by atoms with Crippen LogP contribution in [0, 0.1) is 0 Å². The van der Waals surface area contributed by atoms with Gasteiger partial charge in [0.05, 0.1) is 17.8 Å². The molecule has 0 aliphatic carbocycles. The molecule has 0 atom stereocenters. The van der Waals surface area contributed by atoms with Gasteiger partial charge in [-0.2, -0.15) is 0 Å². The molecule has 0 saturated carbocycles. The molecule has 24 heavy (non-hydrogen) atoms. The zero-order valence-electron chi connectivity index (χ0n) is 13.4. The molecule has 1 amide bonds. The van der Waals surface area contributed by atoms with Gasteiger partial charge in [-0.1, -0.05) is 6.07 Å². The summed E-state index contributed by atoms with van der Waals surface area (Å²) < 4.78 is 1.94. The number of pyridine rings is 1. The summed E-state index contributed by atoms with van der Waals surface area (Å²) in [5, 5.41) is 2.93. The molecule has 0 bridgehead atoms. The van der Waals surface area contributed by atoms with Crippen molar-refractivity contribution in [3.8, 4) is 0 Å². The van der Waals surface area contributed by atoms with Crippen LogP contribution in [0.3, 0.4) is 0 Å². The molecule has 1 aliphatic rings. The van der Waals surface area contributed by atoms with Gasteiger partial charge in [0.1, 0.15) is 0 Å². The Morgan fingerprint density at radius 3 is 2.92 bits per heavy atom. The highest BCUT2D eigenvalue weighted by molar-refractivity contribution is 5.95. The normalized spacial score (nSPS) is 14.2. The summed E-state index contributed by atoms with van der Waals surface area (Å²) in [7, 11) is 0. The van der Waals surface area contributed by atoms with Gasteiger partial charge in [-0.25, -0.2) is 9.97 Å². The molecule has 1 saturated heterocycles. The summed E-state index contributed by atoms with van der Waals surface area (Å²) in [5.41, 5.74) is 2.47. The average molecular weight is 321 g/mol. The lowest BCUT2D eigenvalue weighted by atomic mass is 10.3. The van der Waals surface area contributed by atoms with Crippen molar-refractivity contribution in [1.29, 1.82) is 0 Å². The molecule has 0 unspecified atom stereocenters. The van der Waals surface area contributed by atoms with Gasteiger partial charge < -0.3 is 14.6 Å². The maximum atomic E-state index is 12.4. The fraction of sp³-hybridized carbons (Fsp3) is 0.278. The van der Waals surface area contributed by atoms with Crippen molar-refractivity contribution in [2.24, 2.45) is 0 Å². The van der Waals surface area contributed by atoms with Crippen molar-refractivity contribution in [1.82, 2.24) is 19.7 Å². The first-order valence-corrected chi connectivity index (χ1v) is 8.21. The minimum absolute atomic E-state index is 0.0972. The zero-order chi connectivity index (χ0) is 16.4. The van der Waals surface area contributed by atoms with Gasteiger partial charge in [-0.15, -0.1) is 0 Å². The molecule has 6 nitrogen and oxygen atoms in total. The predicted molar refractivity (Wildman–Crippen MR) is 92.0 cm³/mol. The van der Waals surface area contributed by atoms with E-state index in [1.807, 2.05) is 47.1 Å². The second-order valence-corrected chi connectivity index (χ2v) is 5.99. The van der Waals surface area contributed by atoms with Gasteiger partial charge in [0.15, 0.2) is 0 Å². The van der Waals surface area contributed by atoms with E-state index in [1.165, 1.54) is 12.8 Å². The van der Waals surface area contributed by atoms with E-state index >= 15 is 0 Å². The van der Waals surface area contributed by atoms with Crippen molar-refractivity contribution >= 4 is 17.4 Å². The molecule has 3 aromatic heterocycles. The molecule has 3 aromatic rings. The van der Waals surface area contributed by atoms with Crippen molar-refractivity contribution in [3.63, 3.8) is 0 Å². The predicted octanol–water partition coefficient (Wildman–Crippen LogP) is 2.26. The van der Waals surface area contributed by atoms with Crippen LogP contribution in [-0.2, 0) is 6.54 Å². The van der Waals surface area contributed by atoms with Gasteiger partial charge in [-0.3, -0.25) is 4.79 Å². The van der Waals surface area contributed by atoms with Gasteiger partial charge in [0.25, 0.3) is 5.91 Å². The number of carbonyl (C=O) groups is 1. The van der Waals surface area contributed by atoms with E-state index in [9.17, 15) is 4.79 Å². The SMILES string of the molecule is O=C(NCc1ccnc(N2CCCC2)n1)c1cc2ccccn2c1. The second kappa shape index (κ2) is 6.31. The number of aromatic nitrogens is 3. The summed E-state index contributed by atoms with van der Waals surface area (Å²) in [5.74, 6) is 0.661. The highest BCUT2D eigenvalue weighted by atomic mass is 16.1. The van der Waals surface area contributed by atoms with E-state index in [2.05, 4.69) is 20.2 Å². The summed E-state index contributed by atoms with van der Waals surface area (Å²) in [6, 6.07) is 9.60. The standard InChI is InChI=1S/C18H19N5O/c24-17(14-11-16-5-1-2-10-23(16)13-14)20-12-15-6-7-19-18(21-15)22-8-3-4-9-22/h1-2,5-7,10-11,13H,3-4,8-9,12H2,(H,20,24). The molecule has 4 heterocycles. The van der Waals surface area contributed by atoms with E-state index in [-0.39, 0.29) is 5.91 Å².